The number of nitrogens with one attached hydrogen (secondary N) is 1. The second-order valence-electron chi connectivity index (χ2n) is 6.92. The molecular formula is C22H16ClN3O2S2. The molecule has 1 aliphatic rings. The molecule has 1 heterocycles. The molecule has 1 aromatic heterocycles. The van der Waals surface area contributed by atoms with E-state index in [2.05, 4.69) is 14.7 Å². The minimum Gasteiger partial charge on any atom is -0.231 e. The van der Waals surface area contributed by atoms with Crippen molar-refractivity contribution in [2.45, 2.75) is 21.3 Å². The summed E-state index contributed by atoms with van der Waals surface area (Å²) in [6, 6.07) is 19.5. The number of hydrogen-bond acceptors (Lipinski definition) is 5. The maximum Gasteiger partial charge on any atom is 0.241 e. The summed E-state index contributed by atoms with van der Waals surface area (Å²) >= 11 is 7.38. The molecule has 0 amide bonds. The Balaban J connectivity index is 1.59. The predicted molar refractivity (Wildman–Crippen MR) is 119 cm³/mol. The lowest BCUT2D eigenvalue weighted by Gasteiger charge is -2.22. The Morgan fingerprint density at radius 1 is 0.867 bits per heavy atom. The molecule has 0 fully saturated rings. The highest BCUT2D eigenvalue weighted by Gasteiger charge is 2.38. The van der Waals surface area contributed by atoms with Crippen molar-refractivity contribution < 1.29 is 8.42 Å². The van der Waals surface area contributed by atoms with E-state index in [1.54, 1.807) is 30.6 Å². The van der Waals surface area contributed by atoms with Crippen LogP contribution in [0.1, 0.15) is 22.4 Å². The summed E-state index contributed by atoms with van der Waals surface area (Å²) < 4.78 is 29.3. The highest BCUT2D eigenvalue weighted by atomic mass is 35.5. The number of benzene rings is 3. The van der Waals surface area contributed by atoms with Gasteiger partial charge in [0, 0.05) is 17.4 Å². The Labute approximate surface area is 183 Å². The lowest BCUT2D eigenvalue weighted by atomic mass is 10.1. The van der Waals surface area contributed by atoms with Gasteiger partial charge in [-0.25, -0.2) is 23.1 Å². The van der Waals surface area contributed by atoms with E-state index in [1.165, 1.54) is 23.9 Å². The number of halogens is 1. The summed E-state index contributed by atoms with van der Waals surface area (Å²) in [5, 5.41) is 3.05. The van der Waals surface area contributed by atoms with Gasteiger partial charge in [0.15, 0.2) is 5.16 Å². The Morgan fingerprint density at radius 3 is 2.23 bits per heavy atom. The fourth-order valence-corrected chi connectivity index (χ4v) is 6.39. The van der Waals surface area contributed by atoms with Crippen molar-refractivity contribution in [1.82, 2.24) is 14.7 Å². The van der Waals surface area contributed by atoms with Crippen LogP contribution in [0.25, 0.3) is 10.8 Å². The predicted octanol–water partition coefficient (Wildman–Crippen LogP) is 5.15. The van der Waals surface area contributed by atoms with Gasteiger partial charge in [0.05, 0.1) is 16.2 Å². The summed E-state index contributed by atoms with van der Waals surface area (Å²) in [7, 11) is -3.76. The van der Waals surface area contributed by atoms with Crippen LogP contribution in [0.4, 0.5) is 0 Å². The van der Waals surface area contributed by atoms with E-state index < -0.39 is 16.1 Å². The maximum absolute atomic E-state index is 13.2. The Morgan fingerprint density at radius 2 is 1.53 bits per heavy atom. The second kappa shape index (κ2) is 7.67. The quantitative estimate of drug-likeness (QED) is 0.423. The third-order valence-electron chi connectivity index (χ3n) is 5.09. The van der Waals surface area contributed by atoms with E-state index in [9.17, 15) is 8.42 Å². The minimum atomic E-state index is -3.76. The summed E-state index contributed by atoms with van der Waals surface area (Å²) in [4.78, 5) is 8.83. The lowest BCUT2D eigenvalue weighted by molar-refractivity contribution is 0.557. The normalized spacial score (nSPS) is 18.0. The van der Waals surface area contributed by atoms with E-state index in [-0.39, 0.29) is 10.1 Å². The zero-order valence-corrected chi connectivity index (χ0v) is 18.0. The van der Waals surface area contributed by atoms with Gasteiger partial charge in [0.2, 0.25) is 10.0 Å². The van der Waals surface area contributed by atoms with E-state index >= 15 is 0 Å². The Kier molecular flexibility index (Phi) is 4.99. The van der Waals surface area contributed by atoms with Gasteiger partial charge in [-0.05, 0) is 52.2 Å². The van der Waals surface area contributed by atoms with Crippen LogP contribution in [0.5, 0.6) is 0 Å². The summed E-state index contributed by atoms with van der Waals surface area (Å²) in [5.74, 6) is 0. The number of aromatic nitrogens is 2. The smallest absolute Gasteiger partial charge is 0.231 e. The summed E-state index contributed by atoms with van der Waals surface area (Å²) in [6.07, 6.45) is 3.37. The first-order valence-electron chi connectivity index (χ1n) is 9.26. The van der Waals surface area contributed by atoms with Crippen LogP contribution in [0.2, 0.25) is 5.02 Å². The molecule has 2 atom stereocenters. The van der Waals surface area contributed by atoms with E-state index in [0.717, 1.165) is 21.9 Å². The molecule has 8 heteroatoms. The molecule has 5 nitrogen and oxygen atoms in total. The van der Waals surface area contributed by atoms with E-state index in [0.29, 0.717) is 10.2 Å². The topological polar surface area (TPSA) is 72.0 Å². The first-order valence-corrected chi connectivity index (χ1v) is 12.0. The van der Waals surface area contributed by atoms with Crippen LogP contribution in [0.15, 0.2) is 89.2 Å². The molecule has 0 saturated carbocycles. The number of hydrogen-bond donors (Lipinski definition) is 1. The van der Waals surface area contributed by atoms with Gasteiger partial charge in [-0.3, -0.25) is 0 Å². The molecule has 0 bridgehead atoms. The summed E-state index contributed by atoms with van der Waals surface area (Å²) in [5.41, 5.74) is 2.03. The first kappa shape index (κ1) is 19.5. The first-order chi connectivity index (χ1) is 14.5. The van der Waals surface area contributed by atoms with Gasteiger partial charge in [0.1, 0.15) is 0 Å². The third-order valence-corrected chi connectivity index (χ3v) is 8.00. The molecule has 1 N–H and O–H groups in total. The number of thioether (sulfide) groups is 1. The number of nitrogens with zero attached hydrogens (tertiary/aromatic N) is 2. The van der Waals surface area contributed by atoms with E-state index in [1.807, 2.05) is 36.4 Å². The number of rotatable bonds is 5. The molecule has 0 unspecified atom stereocenters. The minimum absolute atomic E-state index is 0.176. The van der Waals surface area contributed by atoms with Crippen molar-refractivity contribution in [2.75, 3.05) is 0 Å². The molecule has 0 spiro atoms. The Hall–Kier alpha value is -2.45. The maximum atomic E-state index is 13.2. The van der Waals surface area contributed by atoms with Crippen LogP contribution in [-0.2, 0) is 10.0 Å². The van der Waals surface area contributed by atoms with Crippen LogP contribution in [0.3, 0.4) is 0 Å². The highest BCUT2D eigenvalue weighted by molar-refractivity contribution is 7.99. The molecule has 0 aliphatic heterocycles. The lowest BCUT2D eigenvalue weighted by Crippen LogP contribution is -2.30. The fourth-order valence-electron chi connectivity index (χ4n) is 3.80. The monoisotopic (exact) mass is 453 g/mol. The SMILES string of the molecule is O=S(=O)(N[C@@H]1c2cccc3cccc(c23)[C@@H]1Sc1ncccn1)c1ccc(Cl)cc1. The van der Waals surface area contributed by atoms with Crippen LogP contribution >= 0.6 is 23.4 Å². The van der Waals surface area contributed by atoms with Crippen LogP contribution < -0.4 is 4.72 Å². The van der Waals surface area contributed by atoms with E-state index in [4.69, 9.17) is 11.6 Å². The van der Waals surface area contributed by atoms with Crippen LogP contribution in [-0.4, -0.2) is 18.4 Å². The average molecular weight is 454 g/mol. The molecule has 0 saturated heterocycles. The summed E-state index contributed by atoms with van der Waals surface area (Å²) in [6.45, 7) is 0. The molecule has 30 heavy (non-hydrogen) atoms. The van der Waals surface area contributed by atoms with Crippen molar-refractivity contribution in [2.24, 2.45) is 0 Å². The van der Waals surface area contributed by atoms with Crippen molar-refractivity contribution >= 4 is 44.2 Å². The second-order valence-corrected chi connectivity index (χ2v) is 10.2. The van der Waals surface area contributed by atoms with Crippen molar-refractivity contribution in [3.63, 3.8) is 0 Å². The van der Waals surface area contributed by atoms with Crippen molar-refractivity contribution in [1.29, 1.82) is 0 Å². The van der Waals surface area contributed by atoms with Crippen LogP contribution in [0, 0.1) is 0 Å². The Bertz CT molecular complexity index is 1320. The third kappa shape index (κ3) is 3.48. The average Bonchev–Trinajstić information content (AvgIpc) is 3.04. The molecule has 5 rings (SSSR count). The zero-order valence-electron chi connectivity index (χ0n) is 15.6. The standard InChI is InChI=1S/C22H16ClN3O2S2/c23-15-8-10-16(11-9-15)30(27,28)26-20-17-6-1-4-14-5-2-7-18(19(14)17)21(20)29-22-24-12-3-13-25-22/h1-13,20-21,26H/t20-,21+/m1/s1. The van der Waals surface area contributed by atoms with Gasteiger partial charge in [-0.1, -0.05) is 59.8 Å². The highest BCUT2D eigenvalue weighted by Crippen LogP contribution is 2.52. The van der Waals surface area contributed by atoms with Crippen molar-refractivity contribution in [3.8, 4) is 0 Å². The van der Waals surface area contributed by atoms with Gasteiger partial charge in [0.25, 0.3) is 0 Å². The zero-order chi connectivity index (χ0) is 20.7. The number of sulfonamides is 1. The molecule has 0 radical (unpaired) electrons. The van der Waals surface area contributed by atoms with Gasteiger partial charge in [-0.15, -0.1) is 0 Å². The van der Waals surface area contributed by atoms with Gasteiger partial charge in [-0.2, -0.15) is 0 Å². The molecule has 150 valence electrons. The molecule has 1 aliphatic carbocycles. The molecule has 4 aromatic rings. The van der Waals surface area contributed by atoms with Crippen molar-refractivity contribution in [3.05, 3.63) is 95.3 Å². The van der Waals surface area contributed by atoms with Gasteiger partial charge >= 0.3 is 0 Å². The fraction of sp³-hybridized carbons (Fsp3) is 0.0909. The largest absolute Gasteiger partial charge is 0.241 e. The van der Waals surface area contributed by atoms with Gasteiger partial charge < -0.3 is 0 Å². The molecular weight excluding hydrogens is 438 g/mol. The molecule has 3 aromatic carbocycles.